The van der Waals surface area contributed by atoms with Crippen molar-refractivity contribution in [3.8, 4) is 0 Å². The Bertz CT molecular complexity index is 803. The SMILES string of the molecule is CCNC(=NCc1cccc(C(=O)NC)c1)NCC1(c2ccccc2)CC1.I. The third-order valence-corrected chi connectivity index (χ3v) is 5.01. The van der Waals surface area contributed by atoms with E-state index in [-0.39, 0.29) is 35.3 Å². The molecule has 0 bridgehead atoms. The molecule has 0 radical (unpaired) electrons. The van der Waals surface area contributed by atoms with Gasteiger partial charge in [0.05, 0.1) is 6.54 Å². The maximum absolute atomic E-state index is 11.8. The van der Waals surface area contributed by atoms with Gasteiger partial charge in [-0.3, -0.25) is 4.79 Å². The van der Waals surface area contributed by atoms with Gasteiger partial charge in [0.2, 0.25) is 0 Å². The summed E-state index contributed by atoms with van der Waals surface area (Å²) in [5.74, 6) is 0.731. The number of hydrogen-bond donors (Lipinski definition) is 3. The fourth-order valence-electron chi connectivity index (χ4n) is 3.23. The Hall–Kier alpha value is -2.09. The molecule has 0 saturated heterocycles. The van der Waals surface area contributed by atoms with Gasteiger partial charge < -0.3 is 16.0 Å². The molecule has 0 heterocycles. The lowest BCUT2D eigenvalue weighted by molar-refractivity contribution is 0.0963. The van der Waals surface area contributed by atoms with Crippen LogP contribution < -0.4 is 16.0 Å². The normalized spacial score (nSPS) is 14.6. The molecule has 1 fully saturated rings. The fraction of sp³-hybridized carbons (Fsp3) is 0.364. The van der Waals surface area contributed by atoms with Crippen molar-refractivity contribution in [3.63, 3.8) is 0 Å². The van der Waals surface area contributed by atoms with Crippen LogP contribution in [0, 0.1) is 0 Å². The van der Waals surface area contributed by atoms with E-state index in [0.717, 1.165) is 24.6 Å². The molecule has 1 saturated carbocycles. The summed E-state index contributed by atoms with van der Waals surface area (Å²) < 4.78 is 0. The van der Waals surface area contributed by atoms with Gasteiger partial charge in [0, 0.05) is 31.1 Å². The van der Waals surface area contributed by atoms with Gasteiger partial charge in [-0.1, -0.05) is 42.5 Å². The van der Waals surface area contributed by atoms with Crippen LogP contribution in [-0.4, -0.2) is 32.0 Å². The third-order valence-electron chi connectivity index (χ3n) is 5.01. The lowest BCUT2D eigenvalue weighted by Crippen LogP contribution is -2.41. The van der Waals surface area contributed by atoms with E-state index in [9.17, 15) is 4.79 Å². The fourth-order valence-corrected chi connectivity index (χ4v) is 3.23. The van der Waals surface area contributed by atoms with E-state index in [1.54, 1.807) is 7.05 Å². The van der Waals surface area contributed by atoms with E-state index < -0.39 is 0 Å². The van der Waals surface area contributed by atoms with E-state index in [2.05, 4.69) is 53.2 Å². The third kappa shape index (κ3) is 5.70. The van der Waals surface area contributed by atoms with Gasteiger partial charge in [-0.15, -0.1) is 24.0 Å². The minimum absolute atomic E-state index is 0. The number of carbonyl (C=O) groups excluding carboxylic acids is 1. The van der Waals surface area contributed by atoms with Gasteiger partial charge >= 0.3 is 0 Å². The van der Waals surface area contributed by atoms with Crippen LogP contribution in [0.3, 0.4) is 0 Å². The molecule has 2 aromatic carbocycles. The number of benzene rings is 2. The van der Waals surface area contributed by atoms with E-state index in [0.29, 0.717) is 12.1 Å². The van der Waals surface area contributed by atoms with Crippen molar-refractivity contribution in [1.82, 2.24) is 16.0 Å². The molecule has 0 atom stereocenters. The molecule has 1 aliphatic carbocycles. The molecule has 5 nitrogen and oxygen atoms in total. The standard InChI is InChI=1S/C22H28N4O.HI/c1-3-24-21(25-15-17-8-7-9-18(14-17)20(27)23-2)26-16-22(12-13-22)19-10-5-4-6-11-19;/h4-11,14H,3,12-13,15-16H2,1-2H3,(H,23,27)(H2,24,25,26);1H. The van der Waals surface area contributed by atoms with E-state index in [1.807, 2.05) is 24.3 Å². The van der Waals surface area contributed by atoms with Gasteiger partial charge in [0.25, 0.3) is 5.91 Å². The number of aliphatic imine (C=N–C) groups is 1. The zero-order valence-corrected chi connectivity index (χ0v) is 18.8. The highest BCUT2D eigenvalue weighted by Gasteiger charge is 2.43. The quantitative estimate of drug-likeness (QED) is 0.315. The first-order valence-corrected chi connectivity index (χ1v) is 9.55. The first-order chi connectivity index (χ1) is 13.2. The average Bonchev–Trinajstić information content (AvgIpc) is 3.51. The van der Waals surface area contributed by atoms with Crippen molar-refractivity contribution in [3.05, 3.63) is 71.3 Å². The highest BCUT2D eigenvalue weighted by molar-refractivity contribution is 14.0. The number of rotatable bonds is 7. The highest BCUT2D eigenvalue weighted by Crippen LogP contribution is 2.47. The van der Waals surface area contributed by atoms with Crippen LogP contribution in [0.4, 0.5) is 0 Å². The van der Waals surface area contributed by atoms with Gasteiger partial charge in [-0.05, 0) is 43.0 Å². The van der Waals surface area contributed by atoms with Crippen LogP contribution in [0.2, 0.25) is 0 Å². The molecule has 2 aromatic rings. The zero-order chi connectivity index (χ0) is 19.1. The molecule has 0 aromatic heterocycles. The number of hydrogen-bond acceptors (Lipinski definition) is 2. The average molecular weight is 492 g/mol. The van der Waals surface area contributed by atoms with Crippen molar-refractivity contribution >= 4 is 35.8 Å². The molecule has 3 N–H and O–H groups in total. The lowest BCUT2D eigenvalue weighted by Gasteiger charge is -2.19. The molecule has 0 unspecified atom stereocenters. The van der Waals surface area contributed by atoms with Crippen molar-refractivity contribution in [2.45, 2.75) is 31.7 Å². The summed E-state index contributed by atoms with van der Waals surface area (Å²) in [5, 5.41) is 9.47. The van der Waals surface area contributed by atoms with Crippen molar-refractivity contribution < 1.29 is 4.79 Å². The van der Waals surface area contributed by atoms with E-state index >= 15 is 0 Å². The maximum Gasteiger partial charge on any atom is 0.251 e. The summed E-state index contributed by atoms with van der Waals surface area (Å²) in [6, 6.07) is 18.3. The zero-order valence-electron chi connectivity index (χ0n) is 16.5. The summed E-state index contributed by atoms with van der Waals surface area (Å²) in [6.45, 7) is 4.27. The summed E-state index contributed by atoms with van der Waals surface area (Å²) >= 11 is 0. The van der Waals surface area contributed by atoms with Gasteiger partial charge in [-0.25, -0.2) is 4.99 Å². The van der Waals surface area contributed by atoms with Gasteiger partial charge in [-0.2, -0.15) is 0 Å². The van der Waals surface area contributed by atoms with Crippen LogP contribution in [0.15, 0.2) is 59.6 Å². The Morgan fingerprint density at radius 3 is 2.46 bits per heavy atom. The number of guanidine groups is 1. The Kier molecular flexibility index (Phi) is 8.29. The second kappa shape index (κ2) is 10.5. The van der Waals surface area contributed by atoms with E-state index in [1.165, 1.54) is 18.4 Å². The monoisotopic (exact) mass is 492 g/mol. The Balaban J connectivity index is 0.00000280. The van der Waals surface area contributed by atoms with Crippen molar-refractivity contribution in [1.29, 1.82) is 0 Å². The number of nitrogens with zero attached hydrogens (tertiary/aromatic N) is 1. The Labute approximate surface area is 184 Å². The largest absolute Gasteiger partial charge is 0.357 e. The molecule has 28 heavy (non-hydrogen) atoms. The van der Waals surface area contributed by atoms with Gasteiger partial charge in [0.15, 0.2) is 5.96 Å². The number of carbonyl (C=O) groups is 1. The second-order valence-corrected chi connectivity index (χ2v) is 6.97. The van der Waals surface area contributed by atoms with Crippen LogP contribution in [-0.2, 0) is 12.0 Å². The summed E-state index contributed by atoms with van der Waals surface area (Å²) in [5.41, 5.74) is 3.30. The first kappa shape index (κ1) is 22.2. The highest BCUT2D eigenvalue weighted by atomic mass is 127. The maximum atomic E-state index is 11.8. The van der Waals surface area contributed by atoms with Crippen molar-refractivity contribution in [2.75, 3.05) is 20.1 Å². The first-order valence-electron chi connectivity index (χ1n) is 9.55. The predicted octanol–water partition coefficient (Wildman–Crippen LogP) is 3.45. The van der Waals surface area contributed by atoms with E-state index in [4.69, 9.17) is 4.99 Å². The Morgan fingerprint density at radius 2 is 1.82 bits per heavy atom. The number of halogens is 1. The molecule has 150 valence electrons. The minimum Gasteiger partial charge on any atom is -0.357 e. The molecule has 0 aliphatic heterocycles. The topological polar surface area (TPSA) is 65.5 Å². The number of nitrogens with one attached hydrogen (secondary N) is 3. The molecule has 1 aliphatic rings. The summed E-state index contributed by atoms with van der Waals surface area (Å²) in [7, 11) is 1.64. The molecule has 3 rings (SSSR count). The van der Waals surface area contributed by atoms with Crippen LogP contribution in [0.25, 0.3) is 0 Å². The Morgan fingerprint density at radius 1 is 1.07 bits per heavy atom. The summed E-state index contributed by atoms with van der Waals surface area (Å²) in [6.07, 6.45) is 2.41. The van der Waals surface area contributed by atoms with Crippen LogP contribution >= 0.6 is 24.0 Å². The van der Waals surface area contributed by atoms with Crippen LogP contribution in [0.1, 0.15) is 41.3 Å². The lowest BCUT2D eigenvalue weighted by atomic mass is 9.96. The molecule has 1 amide bonds. The minimum atomic E-state index is -0.0793. The van der Waals surface area contributed by atoms with Crippen molar-refractivity contribution in [2.24, 2.45) is 4.99 Å². The number of amides is 1. The smallest absolute Gasteiger partial charge is 0.251 e. The molecular weight excluding hydrogens is 463 g/mol. The molecule has 6 heteroatoms. The second-order valence-electron chi connectivity index (χ2n) is 6.97. The van der Waals surface area contributed by atoms with Crippen LogP contribution in [0.5, 0.6) is 0 Å². The van der Waals surface area contributed by atoms with Gasteiger partial charge in [0.1, 0.15) is 0 Å². The summed E-state index contributed by atoms with van der Waals surface area (Å²) in [4.78, 5) is 16.5. The predicted molar refractivity (Wildman–Crippen MR) is 125 cm³/mol. The molecular formula is C22H29IN4O. The molecule has 0 spiro atoms.